The molecule has 208 valence electrons. The third-order valence-electron chi connectivity index (χ3n) is 9.67. The summed E-state index contributed by atoms with van der Waals surface area (Å²) in [6.07, 6.45) is 0. The van der Waals surface area contributed by atoms with Crippen molar-refractivity contribution in [3.63, 3.8) is 0 Å². The molecule has 2 saturated heterocycles. The highest BCUT2D eigenvalue weighted by molar-refractivity contribution is 6.62. The van der Waals surface area contributed by atoms with Gasteiger partial charge in [-0.25, -0.2) is 4.98 Å². The second kappa shape index (κ2) is 8.68. The van der Waals surface area contributed by atoms with Crippen molar-refractivity contribution in [1.29, 1.82) is 0 Å². The minimum atomic E-state index is -0.434. The summed E-state index contributed by atoms with van der Waals surface area (Å²) < 4.78 is 27.6. The summed E-state index contributed by atoms with van der Waals surface area (Å²) in [6.45, 7) is 16.6. The van der Waals surface area contributed by atoms with Crippen LogP contribution in [0.1, 0.15) is 55.4 Å². The van der Waals surface area contributed by atoms with Gasteiger partial charge in [-0.15, -0.1) is 0 Å². The van der Waals surface area contributed by atoms with Gasteiger partial charge in [-0.05, 0) is 84.5 Å². The molecule has 2 aliphatic rings. The summed E-state index contributed by atoms with van der Waals surface area (Å²) in [6, 6.07) is 25.4. The third-order valence-corrected chi connectivity index (χ3v) is 9.67. The number of aromatic nitrogens is 2. The molecule has 0 unspecified atom stereocenters. The Morgan fingerprint density at radius 1 is 0.585 bits per heavy atom. The Bertz CT molecular complexity index is 1790. The SMILES string of the molecule is CC1(C)OB(c2ccc(-c3nc4ccc(B5OC(C)(C)C(C)(C)O5)cc4c4cc5ccccc5n34)cc2)OC1(C)C. The smallest absolute Gasteiger partial charge is 0.399 e. The van der Waals surface area contributed by atoms with Gasteiger partial charge in [-0.3, -0.25) is 4.40 Å². The molecule has 0 N–H and O–H groups in total. The summed E-state index contributed by atoms with van der Waals surface area (Å²) >= 11 is 0. The fourth-order valence-electron chi connectivity index (χ4n) is 5.69. The van der Waals surface area contributed by atoms with Crippen molar-refractivity contribution >= 4 is 52.5 Å². The first-order valence-electron chi connectivity index (χ1n) is 14.4. The standard InChI is InChI=1S/C33H36B2N2O4/c1-30(2)31(3,4)39-34(38-30)23-15-13-21(14-16-23)29-36-26-18-17-24(35-40-32(5,6)33(7,8)41-35)20-25(26)28-19-22-11-9-10-12-27(22)37(28)29/h9-20H,1-8H3. The summed E-state index contributed by atoms with van der Waals surface area (Å²) in [5, 5.41) is 2.23. The highest BCUT2D eigenvalue weighted by Gasteiger charge is 2.52. The van der Waals surface area contributed by atoms with E-state index in [1.54, 1.807) is 0 Å². The predicted octanol–water partition coefficient (Wildman–Crippen LogP) is 5.91. The summed E-state index contributed by atoms with van der Waals surface area (Å²) in [4.78, 5) is 5.21. The van der Waals surface area contributed by atoms with Crippen molar-refractivity contribution in [2.24, 2.45) is 0 Å². The predicted molar refractivity (Wildman–Crippen MR) is 167 cm³/mol. The van der Waals surface area contributed by atoms with Crippen LogP contribution < -0.4 is 10.9 Å². The molecule has 0 radical (unpaired) electrons. The second-order valence-electron chi connectivity index (χ2n) is 13.4. The Labute approximate surface area is 242 Å². The van der Waals surface area contributed by atoms with E-state index in [9.17, 15) is 0 Å². The minimum Gasteiger partial charge on any atom is -0.399 e. The molecule has 0 aliphatic carbocycles. The number of hydrogen-bond acceptors (Lipinski definition) is 5. The van der Waals surface area contributed by atoms with E-state index in [1.165, 1.54) is 0 Å². The largest absolute Gasteiger partial charge is 0.494 e. The second-order valence-corrected chi connectivity index (χ2v) is 13.4. The fourth-order valence-corrected chi connectivity index (χ4v) is 5.69. The lowest BCUT2D eigenvalue weighted by Crippen LogP contribution is -2.41. The summed E-state index contributed by atoms with van der Waals surface area (Å²) in [7, 11) is -0.838. The summed E-state index contributed by atoms with van der Waals surface area (Å²) in [5.74, 6) is 0.887. The van der Waals surface area contributed by atoms with Crippen LogP contribution in [-0.2, 0) is 18.6 Å². The normalized spacial score (nSPS) is 21.0. The van der Waals surface area contributed by atoms with Crippen molar-refractivity contribution in [2.75, 3.05) is 0 Å². The van der Waals surface area contributed by atoms with Crippen LogP contribution in [0.15, 0.2) is 72.8 Å². The number of para-hydroxylation sites is 1. The quantitative estimate of drug-likeness (QED) is 0.264. The van der Waals surface area contributed by atoms with E-state index >= 15 is 0 Å². The Morgan fingerprint density at radius 3 is 1.73 bits per heavy atom. The molecule has 7 rings (SSSR count). The minimum absolute atomic E-state index is 0.384. The molecule has 0 amide bonds. The highest BCUT2D eigenvalue weighted by atomic mass is 16.7. The van der Waals surface area contributed by atoms with Crippen LogP contribution in [0.2, 0.25) is 0 Å². The van der Waals surface area contributed by atoms with Crippen molar-refractivity contribution in [2.45, 2.75) is 77.8 Å². The summed E-state index contributed by atoms with van der Waals surface area (Å²) in [5.41, 5.74) is 4.57. The van der Waals surface area contributed by atoms with E-state index in [-0.39, 0.29) is 11.2 Å². The zero-order valence-electron chi connectivity index (χ0n) is 25.1. The lowest BCUT2D eigenvalue weighted by Gasteiger charge is -2.32. The highest BCUT2D eigenvalue weighted by Crippen LogP contribution is 2.38. The van der Waals surface area contributed by atoms with E-state index in [0.29, 0.717) is 0 Å². The average Bonchev–Trinajstić information content (AvgIpc) is 3.48. The maximum Gasteiger partial charge on any atom is 0.494 e. The lowest BCUT2D eigenvalue weighted by molar-refractivity contribution is 0.00578. The topological polar surface area (TPSA) is 54.2 Å². The van der Waals surface area contributed by atoms with Crippen molar-refractivity contribution < 1.29 is 18.6 Å². The molecule has 0 bridgehead atoms. The lowest BCUT2D eigenvalue weighted by atomic mass is 9.78. The molecule has 3 aromatic carbocycles. The van der Waals surface area contributed by atoms with E-state index < -0.39 is 25.4 Å². The van der Waals surface area contributed by atoms with Gasteiger partial charge < -0.3 is 18.6 Å². The first-order valence-corrected chi connectivity index (χ1v) is 14.4. The molecule has 6 nitrogen and oxygen atoms in total. The van der Waals surface area contributed by atoms with Gasteiger partial charge >= 0.3 is 14.2 Å². The molecule has 0 saturated carbocycles. The van der Waals surface area contributed by atoms with Gasteiger partial charge in [0.25, 0.3) is 0 Å². The molecule has 0 atom stereocenters. The molecule has 2 fully saturated rings. The van der Waals surface area contributed by atoms with Crippen LogP contribution in [0, 0.1) is 0 Å². The van der Waals surface area contributed by atoms with E-state index in [0.717, 1.165) is 49.6 Å². The molecule has 8 heteroatoms. The third kappa shape index (κ3) is 4.07. The van der Waals surface area contributed by atoms with Gasteiger partial charge in [-0.1, -0.05) is 54.6 Å². The first kappa shape index (κ1) is 26.7. The Hall–Kier alpha value is -3.16. The van der Waals surface area contributed by atoms with E-state index in [2.05, 4.69) is 133 Å². The molecule has 0 spiro atoms. The number of hydrogen-bond donors (Lipinski definition) is 0. The molecule has 41 heavy (non-hydrogen) atoms. The van der Waals surface area contributed by atoms with E-state index in [4.69, 9.17) is 23.6 Å². The van der Waals surface area contributed by atoms with Crippen molar-refractivity contribution in [1.82, 2.24) is 9.38 Å². The van der Waals surface area contributed by atoms with Crippen LogP contribution >= 0.6 is 0 Å². The molecular formula is C33H36B2N2O4. The maximum absolute atomic E-state index is 6.37. The number of rotatable bonds is 3. The number of fused-ring (bicyclic) bond motifs is 5. The van der Waals surface area contributed by atoms with Gasteiger partial charge in [0.15, 0.2) is 0 Å². The van der Waals surface area contributed by atoms with Gasteiger partial charge in [0.2, 0.25) is 0 Å². The Balaban J connectivity index is 1.35. The Morgan fingerprint density at radius 2 is 1.12 bits per heavy atom. The number of benzene rings is 3. The molecule has 2 aromatic heterocycles. The monoisotopic (exact) mass is 546 g/mol. The van der Waals surface area contributed by atoms with Gasteiger partial charge in [0.1, 0.15) is 5.82 Å². The van der Waals surface area contributed by atoms with Gasteiger partial charge in [0, 0.05) is 16.3 Å². The van der Waals surface area contributed by atoms with Crippen LogP contribution in [0.25, 0.3) is 38.7 Å². The fraction of sp³-hybridized carbons (Fsp3) is 0.364. The number of nitrogens with zero attached hydrogens (tertiary/aromatic N) is 2. The zero-order chi connectivity index (χ0) is 28.9. The van der Waals surface area contributed by atoms with Crippen molar-refractivity contribution in [3.05, 3.63) is 72.8 Å². The van der Waals surface area contributed by atoms with Crippen LogP contribution in [0.3, 0.4) is 0 Å². The Kier molecular flexibility index (Phi) is 5.66. The maximum atomic E-state index is 6.37. The molecule has 5 aromatic rings. The van der Waals surface area contributed by atoms with E-state index in [1.807, 2.05) is 0 Å². The molecule has 2 aliphatic heterocycles. The van der Waals surface area contributed by atoms with Gasteiger partial charge in [0.05, 0.1) is 39.0 Å². The van der Waals surface area contributed by atoms with Crippen LogP contribution in [0.5, 0.6) is 0 Å². The first-order chi connectivity index (χ1) is 19.3. The van der Waals surface area contributed by atoms with Gasteiger partial charge in [-0.2, -0.15) is 0 Å². The molecule has 4 heterocycles. The van der Waals surface area contributed by atoms with Crippen LogP contribution in [0.4, 0.5) is 0 Å². The average molecular weight is 546 g/mol. The van der Waals surface area contributed by atoms with Crippen molar-refractivity contribution in [3.8, 4) is 11.4 Å². The molecular weight excluding hydrogens is 510 g/mol. The van der Waals surface area contributed by atoms with Crippen LogP contribution in [-0.4, -0.2) is 46.0 Å². The zero-order valence-corrected chi connectivity index (χ0v) is 25.1.